The van der Waals surface area contributed by atoms with Gasteiger partial charge in [-0.3, -0.25) is 4.79 Å². The summed E-state index contributed by atoms with van der Waals surface area (Å²) in [7, 11) is 0. The summed E-state index contributed by atoms with van der Waals surface area (Å²) in [6, 6.07) is 2.31. The summed E-state index contributed by atoms with van der Waals surface area (Å²) in [5.41, 5.74) is 1.77. The Bertz CT molecular complexity index is 473. The van der Waals surface area contributed by atoms with E-state index in [0.717, 1.165) is 30.8 Å². The third-order valence-corrected chi connectivity index (χ3v) is 3.39. The minimum Gasteiger partial charge on any atom is -0.458 e. The van der Waals surface area contributed by atoms with Gasteiger partial charge >= 0.3 is 6.01 Å². The Kier molecular flexibility index (Phi) is 5.50. The molecule has 6 nitrogen and oxygen atoms in total. The molecule has 1 aliphatic rings. The molecule has 1 amide bonds. The number of ether oxygens (including phenoxy) is 2. The lowest BCUT2D eigenvalue weighted by molar-refractivity contribution is -0.138. The van der Waals surface area contributed by atoms with E-state index in [-0.39, 0.29) is 18.6 Å². The average Bonchev–Trinajstić information content (AvgIpc) is 2.44. The van der Waals surface area contributed by atoms with Crippen molar-refractivity contribution >= 4 is 5.91 Å². The van der Waals surface area contributed by atoms with Gasteiger partial charge in [0.15, 0.2) is 0 Å². The lowest BCUT2D eigenvalue weighted by Crippen LogP contribution is -2.45. The second-order valence-electron chi connectivity index (χ2n) is 5.29. The second-order valence-corrected chi connectivity index (χ2v) is 5.29. The Morgan fingerprint density at radius 3 is 2.76 bits per heavy atom. The summed E-state index contributed by atoms with van der Waals surface area (Å²) in [5, 5.41) is 0. The van der Waals surface area contributed by atoms with Crippen molar-refractivity contribution < 1.29 is 14.3 Å². The maximum Gasteiger partial charge on any atom is 0.317 e. The third kappa shape index (κ3) is 4.67. The van der Waals surface area contributed by atoms with Crippen LogP contribution in [0.15, 0.2) is 6.07 Å². The lowest BCUT2D eigenvalue weighted by atomic mass is 10.1. The molecule has 6 heteroatoms. The molecule has 0 N–H and O–H groups in total. The van der Waals surface area contributed by atoms with Gasteiger partial charge in [0, 0.05) is 24.5 Å². The minimum absolute atomic E-state index is 0.0199. The molecule has 2 rings (SSSR count). The molecule has 0 bridgehead atoms. The van der Waals surface area contributed by atoms with Gasteiger partial charge in [-0.15, -0.1) is 0 Å². The molecule has 21 heavy (non-hydrogen) atoms. The summed E-state index contributed by atoms with van der Waals surface area (Å²) < 4.78 is 11.0. The zero-order valence-corrected chi connectivity index (χ0v) is 13.0. The maximum atomic E-state index is 12.0. The van der Waals surface area contributed by atoms with Crippen molar-refractivity contribution in [3.05, 3.63) is 17.5 Å². The normalized spacial score (nSPS) is 18.6. The fraction of sp³-hybridized carbons (Fsp3) is 0.667. The van der Waals surface area contributed by atoms with Gasteiger partial charge in [0.2, 0.25) is 5.91 Å². The zero-order chi connectivity index (χ0) is 15.2. The van der Waals surface area contributed by atoms with E-state index in [1.807, 2.05) is 26.8 Å². The molecule has 116 valence electrons. The SMILES string of the molecule is CCOCC(=O)N1CCC[C@H](Oc2nc(C)cc(C)n2)C1. The molecule has 0 spiro atoms. The van der Waals surface area contributed by atoms with E-state index in [2.05, 4.69) is 9.97 Å². The summed E-state index contributed by atoms with van der Waals surface area (Å²) in [6.45, 7) is 7.74. The van der Waals surface area contributed by atoms with E-state index in [4.69, 9.17) is 9.47 Å². The molecule has 0 saturated carbocycles. The van der Waals surface area contributed by atoms with E-state index in [1.54, 1.807) is 4.90 Å². The highest BCUT2D eigenvalue weighted by Crippen LogP contribution is 2.16. The van der Waals surface area contributed by atoms with Crippen LogP contribution >= 0.6 is 0 Å². The molecule has 0 aliphatic carbocycles. The molecule has 1 aliphatic heterocycles. The van der Waals surface area contributed by atoms with Crippen LogP contribution in [0.25, 0.3) is 0 Å². The first kappa shape index (κ1) is 15.7. The van der Waals surface area contributed by atoms with Crippen molar-refractivity contribution in [3.63, 3.8) is 0 Å². The number of hydrogen-bond donors (Lipinski definition) is 0. The van der Waals surface area contributed by atoms with Gasteiger partial charge in [0.05, 0.1) is 6.54 Å². The second kappa shape index (κ2) is 7.36. The summed E-state index contributed by atoms with van der Waals surface area (Å²) in [4.78, 5) is 22.3. The highest BCUT2D eigenvalue weighted by atomic mass is 16.5. The molecule has 1 aromatic rings. The predicted octanol–water partition coefficient (Wildman–Crippen LogP) is 1.50. The first-order valence-electron chi connectivity index (χ1n) is 7.43. The summed E-state index contributed by atoms with van der Waals surface area (Å²) in [6.07, 6.45) is 1.78. The molecular weight excluding hydrogens is 270 g/mol. The molecule has 0 aromatic carbocycles. The van der Waals surface area contributed by atoms with Gasteiger partial charge in [-0.25, -0.2) is 9.97 Å². The molecule has 0 radical (unpaired) electrons. The van der Waals surface area contributed by atoms with Crippen LogP contribution in [0.5, 0.6) is 6.01 Å². The number of rotatable bonds is 5. The van der Waals surface area contributed by atoms with Crippen molar-refractivity contribution in [2.45, 2.75) is 39.7 Å². The van der Waals surface area contributed by atoms with E-state index in [1.165, 1.54) is 0 Å². The largest absolute Gasteiger partial charge is 0.458 e. The predicted molar refractivity (Wildman–Crippen MR) is 78.2 cm³/mol. The van der Waals surface area contributed by atoms with Gasteiger partial charge in [-0.2, -0.15) is 0 Å². The third-order valence-electron chi connectivity index (χ3n) is 3.39. The van der Waals surface area contributed by atoms with Crippen LogP contribution in [0.4, 0.5) is 0 Å². The van der Waals surface area contributed by atoms with Gasteiger partial charge in [-0.1, -0.05) is 0 Å². The smallest absolute Gasteiger partial charge is 0.317 e. The molecule has 0 unspecified atom stereocenters. The number of carbonyl (C=O) groups is 1. The number of piperidine rings is 1. The van der Waals surface area contributed by atoms with Gasteiger partial charge in [0.1, 0.15) is 12.7 Å². The molecule has 2 heterocycles. The molecule has 1 aromatic heterocycles. The van der Waals surface area contributed by atoms with Crippen molar-refractivity contribution in [2.24, 2.45) is 0 Å². The standard InChI is InChI=1S/C15H23N3O3/c1-4-20-10-14(19)18-7-5-6-13(9-18)21-15-16-11(2)8-12(3)17-15/h8,13H,4-7,9-10H2,1-3H3/t13-/m0/s1. The molecule has 1 atom stereocenters. The fourth-order valence-corrected chi connectivity index (χ4v) is 2.44. The maximum absolute atomic E-state index is 12.0. The number of aromatic nitrogens is 2. The number of nitrogens with zero attached hydrogens (tertiary/aromatic N) is 3. The van der Waals surface area contributed by atoms with Crippen LogP contribution in [0.3, 0.4) is 0 Å². The molecule has 1 saturated heterocycles. The number of hydrogen-bond acceptors (Lipinski definition) is 5. The van der Waals surface area contributed by atoms with Crippen molar-refractivity contribution in [1.29, 1.82) is 0 Å². The van der Waals surface area contributed by atoms with Crippen molar-refractivity contribution in [2.75, 3.05) is 26.3 Å². The Balaban J connectivity index is 1.93. The Morgan fingerprint density at radius 2 is 2.10 bits per heavy atom. The Labute approximate surface area is 125 Å². The highest BCUT2D eigenvalue weighted by Gasteiger charge is 2.25. The van der Waals surface area contributed by atoms with E-state index < -0.39 is 0 Å². The number of carbonyl (C=O) groups excluding carboxylic acids is 1. The minimum atomic E-state index is -0.0504. The number of likely N-dealkylation sites (tertiary alicyclic amines) is 1. The zero-order valence-electron chi connectivity index (χ0n) is 13.0. The van der Waals surface area contributed by atoms with Crippen molar-refractivity contribution in [3.8, 4) is 6.01 Å². The molecular formula is C15H23N3O3. The van der Waals surface area contributed by atoms with Crippen LogP contribution in [-0.4, -0.2) is 53.2 Å². The van der Waals surface area contributed by atoms with Crippen LogP contribution in [0.1, 0.15) is 31.2 Å². The topological polar surface area (TPSA) is 64.5 Å². The monoisotopic (exact) mass is 293 g/mol. The average molecular weight is 293 g/mol. The molecule has 1 fully saturated rings. The van der Waals surface area contributed by atoms with E-state index in [0.29, 0.717) is 19.2 Å². The van der Waals surface area contributed by atoms with Crippen LogP contribution in [0.2, 0.25) is 0 Å². The number of aryl methyl sites for hydroxylation is 2. The van der Waals surface area contributed by atoms with Crippen LogP contribution < -0.4 is 4.74 Å². The Hall–Kier alpha value is -1.69. The quantitative estimate of drug-likeness (QED) is 0.823. The van der Waals surface area contributed by atoms with E-state index in [9.17, 15) is 4.79 Å². The van der Waals surface area contributed by atoms with Gasteiger partial charge in [0.25, 0.3) is 0 Å². The Morgan fingerprint density at radius 1 is 1.38 bits per heavy atom. The van der Waals surface area contributed by atoms with Gasteiger partial charge in [-0.05, 0) is 39.7 Å². The van der Waals surface area contributed by atoms with Gasteiger partial charge < -0.3 is 14.4 Å². The first-order valence-corrected chi connectivity index (χ1v) is 7.43. The van der Waals surface area contributed by atoms with Crippen LogP contribution in [0, 0.1) is 13.8 Å². The fourth-order valence-electron chi connectivity index (χ4n) is 2.44. The lowest BCUT2D eigenvalue weighted by Gasteiger charge is -2.32. The van der Waals surface area contributed by atoms with Crippen LogP contribution in [-0.2, 0) is 9.53 Å². The highest BCUT2D eigenvalue weighted by molar-refractivity contribution is 5.77. The first-order chi connectivity index (χ1) is 10.1. The summed E-state index contributed by atoms with van der Waals surface area (Å²) in [5.74, 6) is 0.0199. The van der Waals surface area contributed by atoms with E-state index >= 15 is 0 Å². The summed E-state index contributed by atoms with van der Waals surface area (Å²) >= 11 is 0. The van der Waals surface area contributed by atoms with Crippen molar-refractivity contribution in [1.82, 2.24) is 14.9 Å². The number of amides is 1.